The topological polar surface area (TPSA) is 30.5 Å². The van der Waals surface area contributed by atoms with Gasteiger partial charge in [-0.25, -0.2) is 0 Å². The zero-order valence-corrected chi connectivity index (χ0v) is 11.7. The molecule has 4 heteroatoms. The molecule has 0 aliphatic rings. The van der Waals surface area contributed by atoms with Crippen LogP contribution in [0.1, 0.15) is 18.9 Å². The van der Waals surface area contributed by atoms with Crippen molar-refractivity contribution in [2.75, 3.05) is 20.3 Å². The highest BCUT2D eigenvalue weighted by atomic mass is 35.5. The number of ether oxygens (including phenoxy) is 2. The van der Waals surface area contributed by atoms with Crippen LogP contribution in [0.15, 0.2) is 29.8 Å². The molecule has 0 saturated heterocycles. The third-order valence-electron chi connectivity index (χ3n) is 2.44. The van der Waals surface area contributed by atoms with Crippen LogP contribution >= 0.6 is 11.6 Å². The summed E-state index contributed by atoms with van der Waals surface area (Å²) >= 11 is 5.47. The van der Waals surface area contributed by atoms with Crippen molar-refractivity contribution < 1.29 is 9.47 Å². The zero-order valence-electron chi connectivity index (χ0n) is 10.9. The second kappa shape index (κ2) is 8.84. The summed E-state index contributed by atoms with van der Waals surface area (Å²) in [5.41, 5.74) is 2.57. The monoisotopic (exact) mass is 269 g/mol. The number of hydrogen-bond acceptors (Lipinski definition) is 3. The van der Waals surface area contributed by atoms with Crippen LogP contribution in [-0.2, 0) is 6.54 Å². The van der Waals surface area contributed by atoms with Gasteiger partial charge in [0.05, 0.1) is 7.11 Å². The molecule has 1 aromatic rings. The van der Waals surface area contributed by atoms with E-state index in [1.54, 1.807) is 13.2 Å². The lowest BCUT2D eigenvalue weighted by atomic mass is 10.2. The minimum atomic E-state index is 0.456. The van der Waals surface area contributed by atoms with E-state index in [0.29, 0.717) is 6.61 Å². The number of halogens is 1. The van der Waals surface area contributed by atoms with Crippen LogP contribution in [0, 0.1) is 0 Å². The Morgan fingerprint density at radius 3 is 2.89 bits per heavy atom. The molecule has 1 rings (SSSR count). The molecule has 3 nitrogen and oxygen atoms in total. The molecule has 18 heavy (non-hydrogen) atoms. The van der Waals surface area contributed by atoms with Gasteiger partial charge in [-0.2, -0.15) is 0 Å². The Morgan fingerprint density at radius 1 is 1.39 bits per heavy atom. The lowest BCUT2D eigenvalue weighted by molar-refractivity contribution is 0.352. The molecule has 1 aromatic carbocycles. The fourth-order valence-electron chi connectivity index (χ4n) is 1.52. The molecular formula is C14H20ClNO2. The van der Waals surface area contributed by atoms with Crippen LogP contribution in [0.25, 0.3) is 0 Å². The molecule has 1 N–H and O–H groups in total. The van der Waals surface area contributed by atoms with Crippen LogP contribution in [0.2, 0.25) is 0 Å². The highest BCUT2D eigenvalue weighted by molar-refractivity contribution is 6.25. The van der Waals surface area contributed by atoms with Crippen molar-refractivity contribution in [2.45, 2.75) is 19.9 Å². The lowest BCUT2D eigenvalue weighted by Gasteiger charge is -2.12. The molecule has 0 aliphatic heterocycles. The summed E-state index contributed by atoms with van der Waals surface area (Å²) in [6.45, 7) is 4.38. The molecule has 0 saturated carbocycles. The molecule has 0 aliphatic carbocycles. The minimum Gasteiger partial charge on any atom is -0.497 e. The highest BCUT2D eigenvalue weighted by Gasteiger charge is 2.05. The first-order valence-corrected chi connectivity index (χ1v) is 6.51. The van der Waals surface area contributed by atoms with Gasteiger partial charge in [0, 0.05) is 23.7 Å². The summed E-state index contributed by atoms with van der Waals surface area (Å²) in [5, 5.41) is 3.35. The normalized spacial score (nSPS) is 10.8. The smallest absolute Gasteiger partial charge is 0.127 e. The standard InChI is InChI=1S/C14H20ClNO2/c1-3-8-16-11-12-5-6-13(17-2)10-14(12)18-9-4-7-15/h4-7,10,16H,3,8-9,11H2,1-2H3. The first kappa shape index (κ1) is 14.9. The van der Waals surface area contributed by atoms with E-state index in [-0.39, 0.29) is 0 Å². The van der Waals surface area contributed by atoms with Gasteiger partial charge in [-0.1, -0.05) is 24.6 Å². The van der Waals surface area contributed by atoms with E-state index in [9.17, 15) is 0 Å². The van der Waals surface area contributed by atoms with Crippen LogP contribution in [-0.4, -0.2) is 20.3 Å². The minimum absolute atomic E-state index is 0.456. The van der Waals surface area contributed by atoms with Crippen molar-refractivity contribution in [1.29, 1.82) is 0 Å². The third kappa shape index (κ3) is 4.98. The third-order valence-corrected chi connectivity index (χ3v) is 2.62. The number of hydrogen-bond donors (Lipinski definition) is 1. The zero-order chi connectivity index (χ0) is 13.2. The number of nitrogens with one attached hydrogen (secondary N) is 1. The molecule has 100 valence electrons. The molecule has 0 spiro atoms. The summed E-state index contributed by atoms with van der Waals surface area (Å²) < 4.78 is 10.9. The Labute approximate surface area is 114 Å². The van der Waals surface area contributed by atoms with E-state index < -0.39 is 0 Å². The van der Waals surface area contributed by atoms with Crippen molar-refractivity contribution in [3.05, 3.63) is 35.4 Å². The second-order valence-corrected chi connectivity index (χ2v) is 4.08. The lowest BCUT2D eigenvalue weighted by Crippen LogP contribution is -2.14. The van der Waals surface area contributed by atoms with E-state index in [1.165, 1.54) is 5.54 Å². The maximum atomic E-state index is 5.66. The van der Waals surface area contributed by atoms with Gasteiger partial charge in [0.25, 0.3) is 0 Å². The highest BCUT2D eigenvalue weighted by Crippen LogP contribution is 2.24. The average Bonchev–Trinajstić information content (AvgIpc) is 2.40. The van der Waals surface area contributed by atoms with Crippen LogP contribution in [0.3, 0.4) is 0 Å². The molecule has 0 aromatic heterocycles. The van der Waals surface area contributed by atoms with Gasteiger partial charge < -0.3 is 14.8 Å². The van der Waals surface area contributed by atoms with Crippen molar-refractivity contribution >= 4 is 11.6 Å². The van der Waals surface area contributed by atoms with Crippen LogP contribution < -0.4 is 14.8 Å². The maximum absolute atomic E-state index is 5.66. The molecule has 0 radical (unpaired) electrons. The molecule has 0 fully saturated rings. The summed E-state index contributed by atoms with van der Waals surface area (Å²) in [5.74, 6) is 1.62. The molecule has 0 bridgehead atoms. The van der Waals surface area contributed by atoms with Crippen LogP contribution in [0.5, 0.6) is 11.5 Å². The maximum Gasteiger partial charge on any atom is 0.127 e. The second-order valence-electron chi connectivity index (χ2n) is 3.82. The van der Waals surface area contributed by atoms with Crippen molar-refractivity contribution in [3.8, 4) is 11.5 Å². The molecule has 0 amide bonds. The predicted molar refractivity (Wildman–Crippen MR) is 75.5 cm³/mol. The average molecular weight is 270 g/mol. The Bertz CT molecular complexity index is 380. The van der Waals surface area contributed by atoms with E-state index >= 15 is 0 Å². The number of benzene rings is 1. The predicted octanol–water partition coefficient (Wildman–Crippen LogP) is 3.33. The quantitative estimate of drug-likeness (QED) is 0.735. The Kier molecular flexibility index (Phi) is 7.30. The van der Waals surface area contributed by atoms with E-state index in [1.807, 2.05) is 18.2 Å². The molecule has 0 unspecified atom stereocenters. The van der Waals surface area contributed by atoms with Gasteiger partial charge in [-0.3, -0.25) is 0 Å². The van der Waals surface area contributed by atoms with Crippen molar-refractivity contribution in [3.63, 3.8) is 0 Å². The van der Waals surface area contributed by atoms with Gasteiger partial charge in [-0.15, -0.1) is 0 Å². The fourth-order valence-corrected chi connectivity index (χ4v) is 1.59. The Balaban J connectivity index is 2.72. The Hall–Kier alpha value is -1.19. The van der Waals surface area contributed by atoms with E-state index in [0.717, 1.165) is 36.6 Å². The number of methoxy groups -OCH3 is 1. The van der Waals surface area contributed by atoms with E-state index in [4.69, 9.17) is 21.1 Å². The first-order valence-electron chi connectivity index (χ1n) is 6.07. The van der Waals surface area contributed by atoms with Gasteiger partial charge >= 0.3 is 0 Å². The van der Waals surface area contributed by atoms with Crippen molar-refractivity contribution in [1.82, 2.24) is 5.32 Å². The molecule has 0 heterocycles. The largest absolute Gasteiger partial charge is 0.497 e. The van der Waals surface area contributed by atoms with Crippen molar-refractivity contribution in [2.24, 2.45) is 0 Å². The van der Waals surface area contributed by atoms with Gasteiger partial charge in [0.1, 0.15) is 18.1 Å². The van der Waals surface area contributed by atoms with Gasteiger partial charge in [-0.05, 0) is 25.1 Å². The number of rotatable bonds is 8. The molecule has 0 atom stereocenters. The Morgan fingerprint density at radius 2 is 2.22 bits per heavy atom. The first-order chi connectivity index (χ1) is 8.81. The summed E-state index contributed by atoms with van der Waals surface area (Å²) in [7, 11) is 1.65. The summed E-state index contributed by atoms with van der Waals surface area (Å²) in [4.78, 5) is 0. The van der Waals surface area contributed by atoms with Gasteiger partial charge in [0.2, 0.25) is 0 Å². The van der Waals surface area contributed by atoms with Crippen LogP contribution in [0.4, 0.5) is 0 Å². The SMILES string of the molecule is CCCNCc1ccc(OC)cc1OCC=CCl. The summed E-state index contributed by atoms with van der Waals surface area (Å²) in [6, 6.07) is 5.85. The van der Waals surface area contributed by atoms with Gasteiger partial charge in [0.15, 0.2) is 0 Å². The fraction of sp³-hybridized carbons (Fsp3) is 0.429. The summed E-state index contributed by atoms with van der Waals surface area (Å²) in [6.07, 6.45) is 2.87. The van der Waals surface area contributed by atoms with E-state index in [2.05, 4.69) is 12.2 Å². The molecular weight excluding hydrogens is 250 g/mol.